The lowest BCUT2D eigenvalue weighted by atomic mass is 10.1. The molecule has 1 aliphatic rings. The van der Waals surface area contributed by atoms with Crippen molar-refractivity contribution in [3.05, 3.63) is 64.3 Å². The lowest BCUT2D eigenvalue weighted by Gasteiger charge is -2.05. The van der Waals surface area contributed by atoms with E-state index in [1.807, 2.05) is 0 Å². The van der Waals surface area contributed by atoms with E-state index < -0.39 is 23.5 Å². The summed E-state index contributed by atoms with van der Waals surface area (Å²) in [6, 6.07) is 8.48. The molecule has 0 unspecified atom stereocenters. The third-order valence-corrected chi connectivity index (χ3v) is 5.40. The van der Waals surface area contributed by atoms with Gasteiger partial charge in [0.2, 0.25) is 5.91 Å². The van der Waals surface area contributed by atoms with Gasteiger partial charge in [-0.25, -0.2) is 9.37 Å². The van der Waals surface area contributed by atoms with Gasteiger partial charge in [0.1, 0.15) is 5.82 Å². The molecule has 0 fully saturated rings. The summed E-state index contributed by atoms with van der Waals surface area (Å²) in [6.45, 7) is 1.33. The van der Waals surface area contributed by atoms with Crippen LogP contribution in [0.4, 0.5) is 15.2 Å². The fraction of sp³-hybridized carbons (Fsp3) is 0.0952. The predicted molar refractivity (Wildman–Crippen MR) is 113 cm³/mol. The molecule has 1 aliphatic heterocycles. The van der Waals surface area contributed by atoms with Crippen LogP contribution in [0.1, 0.15) is 38.0 Å². The third kappa shape index (κ3) is 3.80. The van der Waals surface area contributed by atoms with Crippen molar-refractivity contribution < 1.29 is 23.6 Å². The van der Waals surface area contributed by atoms with Crippen LogP contribution in [0.5, 0.6) is 0 Å². The van der Waals surface area contributed by atoms with E-state index in [2.05, 4.69) is 15.6 Å². The highest BCUT2D eigenvalue weighted by molar-refractivity contribution is 7.14. The highest BCUT2D eigenvalue weighted by Gasteiger charge is 2.33. The topological polar surface area (TPSA) is 108 Å². The Morgan fingerprint density at radius 1 is 1.00 bits per heavy atom. The van der Waals surface area contributed by atoms with Crippen molar-refractivity contribution in [1.29, 1.82) is 0 Å². The van der Waals surface area contributed by atoms with E-state index in [0.29, 0.717) is 11.4 Å². The molecule has 2 aromatic carbocycles. The van der Waals surface area contributed by atoms with E-state index in [0.717, 1.165) is 16.2 Å². The Kier molecular flexibility index (Phi) is 5.07. The first-order valence-electron chi connectivity index (χ1n) is 9.05. The zero-order chi connectivity index (χ0) is 22.3. The first kappa shape index (κ1) is 20.4. The van der Waals surface area contributed by atoms with Crippen molar-refractivity contribution in [1.82, 2.24) is 9.88 Å². The molecule has 4 rings (SSSR count). The van der Waals surface area contributed by atoms with Gasteiger partial charge >= 0.3 is 0 Å². The van der Waals surface area contributed by atoms with Gasteiger partial charge < -0.3 is 5.32 Å². The quantitative estimate of drug-likeness (QED) is 0.607. The number of rotatable bonds is 4. The fourth-order valence-electron chi connectivity index (χ4n) is 3.13. The average molecular weight is 438 g/mol. The summed E-state index contributed by atoms with van der Waals surface area (Å²) in [4.78, 5) is 53.0. The summed E-state index contributed by atoms with van der Waals surface area (Å²) in [7, 11) is 1.38. The molecule has 0 radical (unpaired) electrons. The standard InChI is InChI=1S/C21H15FN4O4S/c1-10(27)23-12-4-6-14(16(22)8-12)17-9-31-21(24-17)25-18(28)11-3-5-13-15(7-11)20(30)26(2)19(13)29/h3-9H,1-2H3,(H,23,27)(H,24,25,28). The van der Waals surface area contributed by atoms with Crippen molar-refractivity contribution in [3.63, 3.8) is 0 Å². The number of nitrogens with zero attached hydrogens (tertiary/aromatic N) is 2. The smallest absolute Gasteiger partial charge is 0.261 e. The molecule has 31 heavy (non-hydrogen) atoms. The van der Waals surface area contributed by atoms with Crippen LogP contribution in [-0.4, -0.2) is 40.6 Å². The Morgan fingerprint density at radius 3 is 2.42 bits per heavy atom. The monoisotopic (exact) mass is 438 g/mol. The summed E-state index contributed by atoms with van der Waals surface area (Å²) in [6.07, 6.45) is 0. The summed E-state index contributed by atoms with van der Waals surface area (Å²) < 4.78 is 14.4. The lowest BCUT2D eigenvalue weighted by molar-refractivity contribution is -0.114. The van der Waals surface area contributed by atoms with Crippen LogP contribution in [-0.2, 0) is 4.79 Å². The van der Waals surface area contributed by atoms with Crippen LogP contribution in [0.25, 0.3) is 11.3 Å². The molecular weight excluding hydrogens is 423 g/mol. The first-order valence-corrected chi connectivity index (χ1v) is 9.93. The summed E-state index contributed by atoms with van der Waals surface area (Å²) in [5.41, 5.74) is 1.48. The van der Waals surface area contributed by atoms with Gasteiger partial charge in [-0.15, -0.1) is 11.3 Å². The normalized spacial score (nSPS) is 12.7. The number of benzene rings is 2. The van der Waals surface area contributed by atoms with E-state index in [9.17, 15) is 23.6 Å². The Balaban J connectivity index is 1.52. The number of aromatic nitrogens is 1. The largest absolute Gasteiger partial charge is 0.326 e. The van der Waals surface area contributed by atoms with Crippen molar-refractivity contribution in [2.75, 3.05) is 17.7 Å². The van der Waals surface area contributed by atoms with Gasteiger partial charge in [0.05, 0.1) is 16.8 Å². The number of hydrogen-bond donors (Lipinski definition) is 2. The van der Waals surface area contributed by atoms with Crippen molar-refractivity contribution >= 4 is 45.8 Å². The second-order valence-corrected chi connectivity index (χ2v) is 7.66. The Bertz CT molecular complexity index is 1270. The molecule has 0 spiro atoms. The number of halogens is 1. The average Bonchev–Trinajstić information content (AvgIpc) is 3.26. The van der Waals surface area contributed by atoms with Crippen LogP contribution in [0.2, 0.25) is 0 Å². The number of amides is 4. The number of imide groups is 1. The van der Waals surface area contributed by atoms with E-state index in [1.165, 1.54) is 44.3 Å². The van der Waals surface area contributed by atoms with E-state index >= 15 is 0 Å². The number of nitrogens with one attached hydrogen (secondary N) is 2. The second kappa shape index (κ2) is 7.73. The fourth-order valence-corrected chi connectivity index (χ4v) is 3.84. The second-order valence-electron chi connectivity index (χ2n) is 6.80. The molecule has 0 aliphatic carbocycles. The molecule has 0 saturated heterocycles. The molecule has 2 N–H and O–H groups in total. The Morgan fingerprint density at radius 2 is 1.71 bits per heavy atom. The molecule has 10 heteroatoms. The maximum absolute atomic E-state index is 14.4. The molecule has 0 saturated carbocycles. The number of thiazole rings is 1. The molecule has 1 aromatic heterocycles. The van der Waals surface area contributed by atoms with Gasteiger partial charge in [0, 0.05) is 36.2 Å². The van der Waals surface area contributed by atoms with Crippen LogP contribution in [0, 0.1) is 5.82 Å². The van der Waals surface area contributed by atoms with E-state index in [-0.39, 0.29) is 33.3 Å². The number of anilines is 2. The Hall–Kier alpha value is -3.92. The maximum atomic E-state index is 14.4. The summed E-state index contributed by atoms with van der Waals surface area (Å²) in [5.74, 6) is -2.28. The lowest BCUT2D eigenvalue weighted by Crippen LogP contribution is -2.24. The van der Waals surface area contributed by atoms with Gasteiger partial charge in [0.25, 0.3) is 17.7 Å². The Labute approximate surface area is 179 Å². The number of carbonyl (C=O) groups is 4. The third-order valence-electron chi connectivity index (χ3n) is 4.64. The maximum Gasteiger partial charge on any atom is 0.261 e. The molecule has 4 amide bonds. The van der Waals surface area contributed by atoms with Gasteiger partial charge in [-0.1, -0.05) is 0 Å². The first-order chi connectivity index (χ1) is 14.7. The van der Waals surface area contributed by atoms with Crippen molar-refractivity contribution in [3.8, 4) is 11.3 Å². The summed E-state index contributed by atoms with van der Waals surface area (Å²) >= 11 is 1.11. The van der Waals surface area contributed by atoms with Crippen LogP contribution >= 0.6 is 11.3 Å². The van der Waals surface area contributed by atoms with Gasteiger partial charge in [0.15, 0.2) is 5.13 Å². The zero-order valence-corrected chi connectivity index (χ0v) is 17.2. The number of carbonyl (C=O) groups excluding carboxylic acids is 4. The zero-order valence-electron chi connectivity index (χ0n) is 16.4. The molecule has 0 bridgehead atoms. The van der Waals surface area contributed by atoms with Crippen LogP contribution in [0.15, 0.2) is 41.8 Å². The minimum absolute atomic E-state index is 0.168. The molecule has 0 atom stereocenters. The SMILES string of the molecule is CC(=O)Nc1ccc(-c2csc(NC(=O)c3ccc4c(c3)C(=O)N(C)C4=O)n2)c(F)c1. The number of hydrogen-bond acceptors (Lipinski definition) is 6. The molecule has 8 nitrogen and oxygen atoms in total. The molecular formula is C21H15FN4O4S. The van der Waals surface area contributed by atoms with E-state index in [4.69, 9.17) is 0 Å². The summed E-state index contributed by atoms with van der Waals surface area (Å²) in [5, 5.41) is 6.94. The highest BCUT2D eigenvalue weighted by atomic mass is 32.1. The van der Waals surface area contributed by atoms with Gasteiger partial charge in [-0.3, -0.25) is 29.4 Å². The molecule has 3 aromatic rings. The number of fused-ring (bicyclic) bond motifs is 1. The predicted octanol–water partition coefficient (Wildman–Crippen LogP) is 3.39. The van der Waals surface area contributed by atoms with Crippen LogP contribution in [0.3, 0.4) is 0 Å². The van der Waals surface area contributed by atoms with Crippen molar-refractivity contribution in [2.45, 2.75) is 6.92 Å². The van der Waals surface area contributed by atoms with Gasteiger partial charge in [-0.2, -0.15) is 0 Å². The van der Waals surface area contributed by atoms with Crippen LogP contribution < -0.4 is 10.6 Å². The minimum Gasteiger partial charge on any atom is -0.326 e. The molecule has 156 valence electrons. The van der Waals surface area contributed by atoms with Crippen molar-refractivity contribution in [2.24, 2.45) is 0 Å². The molecule has 2 heterocycles. The van der Waals surface area contributed by atoms with E-state index in [1.54, 1.807) is 11.4 Å². The highest BCUT2D eigenvalue weighted by Crippen LogP contribution is 2.29. The minimum atomic E-state index is -0.569. The van der Waals surface area contributed by atoms with Gasteiger partial charge in [-0.05, 0) is 36.4 Å².